The zero-order valence-corrected chi connectivity index (χ0v) is 19.2. The largest absolute Gasteiger partial charge is 0.496 e. The average Bonchev–Trinajstić information content (AvgIpc) is 3.28. The van der Waals surface area contributed by atoms with E-state index < -0.39 is 10.0 Å². The SMILES string of the molecule is COc1ccc(S(=O)(=O)Nc2cccc(-c3ccc4nnc(-c5ccncc5)n4n3)c2)cc1C. The highest BCUT2D eigenvalue weighted by Gasteiger charge is 2.17. The van der Waals surface area contributed by atoms with Gasteiger partial charge in [-0.25, -0.2) is 8.42 Å². The van der Waals surface area contributed by atoms with E-state index in [0.717, 1.165) is 16.7 Å². The summed E-state index contributed by atoms with van der Waals surface area (Å²) in [4.78, 5) is 4.19. The number of nitrogens with one attached hydrogen (secondary N) is 1. The van der Waals surface area contributed by atoms with Crippen molar-refractivity contribution in [3.05, 3.63) is 84.7 Å². The van der Waals surface area contributed by atoms with E-state index in [1.54, 1.807) is 61.3 Å². The summed E-state index contributed by atoms with van der Waals surface area (Å²) in [5, 5.41) is 13.1. The number of rotatable bonds is 6. The molecule has 2 aromatic carbocycles. The molecule has 9 nitrogen and oxygen atoms in total. The van der Waals surface area contributed by atoms with Crippen LogP contribution in [0.2, 0.25) is 0 Å². The molecule has 170 valence electrons. The average molecular weight is 473 g/mol. The molecule has 10 heteroatoms. The number of methoxy groups -OCH3 is 1. The summed E-state index contributed by atoms with van der Waals surface area (Å²) in [5.74, 6) is 1.22. The van der Waals surface area contributed by atoms with E-state index in [4.69, 9.17) is 4.74 Å². The highest BCUT2D eigenvalue weighted by atomic mass is 32.2. The summed E-state index contributed by atoms with van der Waals surface area (Å²) in [6, 6.07) is 19.1. The fraction of sp³-hybridized carbons (Fsp3) is 0.0833. The van der Waals surface area contributed by atoms with Crippen LogP contribution in [0.3, 0.4) is 0 Å². The molecule has 0 atom stereocenters. The second-order valence-corrected chi connectivity index (χ2v) is 9.25. The molecule has 0 radical (unpaired) electrons. The third-order valence-electron chi connectivity index (χ3n) is 5.29. The van der Waals surface area contributed by atoms with Crippen molar-refractivity contribution in [1.82, 2.24) is 24.8 Å². The Labute approximate surface area is 196 Å². The summed E-state index contributed by atoms with van der Waals surface area (Å²) in [6.45, 7) is 1.80. The summed E-state index contributed by atoms with van der Waals surface area (Å²) in [7, 11) is -2.24. The molecule has 0 fully saturated rings. The van der Waals surface area contributed by atoms with E-state index in [0.29, 0.717) is 28.6 Å². The molecular formula is C24H20N6O3S. The van der Waals surface area contributed by atoms with E-state index in [2.05, 4.69) is 25.0 Å². The zero-order valence-electron chi connectivity index (χ0n) is 18.4. The van der Waals surface area contributed by atoms with Crippen LogP contribution < -0.4 is 9.46 Å². The Morgan fingerprint density at radius 2 is 1.74 bits per heavy atom. The van der Waals surface area contributed by atoms with Crippen molar-refractivity contribution < 1.29 is 13.2 Å². The summed E-state index contributed by atoms with van der Waals surface area (Å²) < 4.78 is 35.4. The molecule has 34 heavy (non-hydrogen) atoms. The van der Waals surface area contributed by atoms with Gasteiger partial charge in [-0.2, -0.15) is 9.61 Å². The van der Waals surface area contributed by atoms with Crippen molar-refractivity contribution in [1.29, 1.82) is 0 Å². The summed E-state index contributed by atoms with van der Waals surface area (Å²) in [6.07, 6.45) is 3.36. The van der Waals surface area contributed by atoms with E-state index in [9.17, 15) is 8.42 Å². The van der Waals surface area contributed by atoms with E-state index in [1.807, 2.05) is 30.3 Å². The van der Waals surface area contributed by atoms with Gasteiger partial charge < -0.3 is 4.74 Å². The molecule has 0 saturated heterocycles. The number of pyridine rings is 1. The lowest BCUT2D eigenvalue weighted by Crippen LogP contribution is -2.13. The molecule has 0 unspecified atom stereocenters. The van der Waals surface area contributed by atoms with Gasteiger partial charge in [0.1, 0.15) is 5.75 Å². The first-order valence-corrected chi connectivity index (χ1v) is 11.8. The number of anilines is 1. The number of aryl methyl sites for hydroxylation is 1. The maximum absolute atomic E-state index is 12.9. The molecule has 0 bridgehead atoms. The van der Waals surface area contributed by atoms with Gasteiger partial charge in [0.25, 0.3) is 10.0 Å². The topological polar surface area (TPSA) is 111 Å². The normalized spacial score (nSPS) is 11.5. The van der Waals surface area contributed by atoms with Crippen molar-refractivity contribution in [2.75, 3.05) is 11.8 Å². The van der Waals surface area contributed by atoms with E-state index in [-0.39, 0.29) is 4.90 Å². The lowest BCUT2D eigenvalue weighted by Gasteiger charge is -2.11. The molecule has 3 aromatic heterocycles. The zero-order chi connectivity index (χ0) is 23.7. The highest BCUT2D eigenvalue weighted by molar-refractivity contribution is 7.92. The second-order valence-electron chi connectivity index (χ2n) is 7.57. The Balaban J connectivity index is 1.48. The van der Waals surface area contributed by atoms with Crippen LogP contribution in [0.4, 0.5) is 5.69 Å². The number of nitrogens with zero attached hydrogens (tertiary/aromatic N) is 5. The van der Waals surface area contributed by atoms with Crippen molar-refractivity contribution in [2.24, 2.45) is 0 Å². The lowest BCUT2D eigenvalue weighted by molar-refractivity contribution is 0.411. The summed E-state index contributed by atoms with van der Waals surface area (Å²) >= 11 is 0. The Morgan fingerprint density at radius 3 is 2.50 bits per heavy atom. The Kier molecular flexibility index (Phi) is 5.42. The smallest absolute Gasteiger partial charge is 0.261 e. The number of fused-ring (bicyclic) bond motifs is 1. The van der Waals surface area contributed by atoms with Gasteiger partial charge in [0.2, 0.25) is 0 Å². The minimum absolute atomic E-state index is 0.155. The number of hydrogen-bond donors (Lipinski definition) is 1. The third-order valence-corrected chi connectivity index (χ3v) is 6.67. The quantitative estimate of drug-likeness (QED) is 0.398. The fourth-order valence-corrected chi connectivity index (χ4v) is 4.73. The molecule has 0 aliphatic heterocycles. The fourth-order valence-electron chi connectivity index (χ4n) is 3.60. The van der Waals surface area contributed by atoms with Gasteiger partial charge in [0.15, 0.2) is 11.5 Å². The first-order valence-electron chi connectivity index (χ1n) is 10.4. The first kappa shape index (κ1) is 21.5. The van der Waals surface area contributed by atoms with Crippen molar-refractivity contribution in [3.8, 4) is 28.4 Å². The van der Waals surface area contributed by atoms with E-state index in [1.165, 1.54) is 6.07 Å². The van der Waals surface area contributed by atoms with Crippen LogP contribution in [0.25, 0.3) is 28.3 Å². The maximum atomic E-state index is 12.9. The van der Waals surface area contributed by atoms with Gasteiger partial charge in [-0.15, -0.1) is 10.2 Å². The first-order chi connectivity index (χ1) is 16.4. The Bertz CT molecular complexity index is 1600. The van der Waals surface area contributed by atoms with Crippen LogP contribution >= 0.6 is 0 Å². The van der Waals surface area contributed by atoms with Crippen molar-refractivity contribution in [2.45, 2.75) is 11.8 Å². The molecular weight excluding hydrogens is 452 g/mol. The van der Waals surface area contributed by atoms with E-state index >= 15 is 0 Å². The Hall–Kier alpha value is -4.31. The third kappa shape index (κ3) is 4.06. The van der Waals surface area contributed by atoms with Crippen LogP contribution in [-0.4, -0.2) is 40.3 Å². The molecule has 0 aliphatic rings. The molecule has 5 rings (SSSR count). The minimum Gasteiger partial charge on any atom is -0.496 e. The number of ether oxygens (including phenoxy) is 1. The number of hydrogen-bond acceptors (Lipinski definition) is 7. The molecule has 0 amide bonds. The molecule has 5 aromatic rings. The lowest BCUT2D eigenvalue weighted by atomic mass is 10.1. The van der Waals surface area contributed by atoms with Crippen LogP contribution in [0, 0.1) is 6.92 Å². The monoisotopic (exact) mass is 472 g/mol. The molecule has 0 spiro atoms. The second kappa shape index (κ2) is 8.56. The van der Waals surface area contributed by atoms with Crippen molar-refractivity contribution >= 4 is 21.4 Å². The Morgan fingerprint density at radius 1 is 0.912 bits per heavy atom. The number of sulfonamides is 1. The van der Waals surface area contributed by atoms with Gasteiger partial charge in [-0.1, -0.05) is 12.1 Å². The van der Waals surface area contributed by atoms with Crippen LogP contribution in [0.15, 0.2) is 84.0 Å². The molecule has 0 aliphatic carbocycles. The van der Waals surface area contributed by atoms with Crippen LogP contribution in [0.5, 0.6) is 5.75 Å². The maximum Gasteiger partial charge on any atom is 0.261 e. The minimum atomic E-state index is -3.79. The van der Waals surface area contributed by atoms with Gasteiger partial charge in [-0.3, -0.25) is 9.71 Å². The molecule has 1 N–H and O–H groups in total. The molecule has 0 saturated carbocycles. The predicted octanol–water partition coefficient (Wildman–Crippen LogP) is 3.97. The highest BCUT2D eigenvalue weighted by Crippen LogP contribution is 2.26. The van der Waals surface area contributed by atoms with Gasteiger partial charge >= 0.3 is 0 Å². The van der Waals surface area contributed by atoms with Gasteiger partial charge in [0, 0.05) is 29.2 Å². The summed E-state index contributed by atoms with van der Waals surface area (Å²) in [5.41, 5.74) is 3.97. The number of aromatic nitrogens is 5. The van der Waals surface area contributed by atoms with Crippen LogP contribution in [-0.2, 0) is 10.0 Å². The predicted molar refractivity (Wildman–Crippen MR) is 128 cm³/mol. The van der Waals surface area contributed by atoms with Crippen molar-refractivity contribution in [3.63, 3.8) is 0 Å². The van der Waals surface area contributed by atoms with Gasteiger partial charge in [-0.05, 0) is 67.1 Å². The van der Waals surface area contributed by atoms with Gasteiger partial charge in [0.05, 0.1) is 17.7 Å². The number of benzene rings is 2. The van der Waals surface area contributed by atoms with Crippen LogP contribution in [0.1, 0.15) is 5.56 Å². The standard InChI is InChI=1S/C24H20N6O3S/c1-16-14-20(6-8-22(16)33-2)34(31,32)29-19-5-3-4-18(15-19)21-7-9-23-26-27-24(30(23)28-21)17-10-12-25-13-11-17/h3-15,29H,1-2H3. The molecule has 3 heterocycles.